The smallest absolute Gasteiger partial charge is 0.303 e. The molecule has 0 radical (unpaired) electrons. The zero-order chi connectivity index (χ0) is 14.5. The Morgan fingerprint density at radius 1 is 1.35 bits per heavy atom. The predicted molar refractivity (Wildman–Crippen MR) is 83.2 cm³/mol. The molecule has 0 aliphatic carbocycles. The SMILES string of the molecule is O=C(O)CCCN1C(=O)/C(=C/c2ccccc2)SC1=S. The van der Waals surface area contributed by atoms with Gasteiger partial charge >= 0.3 is 5.97 Å². The van der Waals surface area contributed by atoms with Crippen molar-refractivity contribution in [2.45, 2.75) is 12.8 Å². The number of nitrogens with zero attached hydrogens (tertiary/aromatic N) is 1. The Kier molecular flexibility index (Phi) is 4.92. The molecule has 1 aliphatic rings. The number of benzene rings is 1. The number of aliphatic carboxylic acids is 1. The van der Waals surface area contributed by atoms with Crippen LogP contribution in [-0.4, -0.2) is 32.7 Å². The third kappa shape index (κ3) is 3.68. The third-order valence-corrected chi connectivity index (χ3v) is 4.12. The molecule has 1 saturated heterocycles. The topological polar surface area (TPSA) is 57.6 Å². The first-order valence-electron chi connectivity index (χ1n) is 6.10. The second-order valence-electron chi connectivity index (χ2n) is 4.24. The second kappa shape index (κ2) is 6.67. The first-order valence-corrected chi connectivity index (χ1v) is 7.32. The van der Waals surface area contributed by atoms with Gasteiger partial charge in [0.2, 0.25) is 0 Å². The lowest BCUT2D eigenvalue weighted by molar-refractivity contribution is -0.137. The number of thiocarbonyl (C=S) groups is 1. The first kappa shape index (κ1) is 14.7. The van der Waals surface area contributed by atoms with Crippen molar-refractivity contribution >= 4 is 46.3 Å². The van der Waals surface area contributed by atoms with Crippen LogP contribution in [0.1, 0.15) is 18.4 Å². The summed E-state index contributed by atoms with van der Waals surface area (Å²) in [5.41, 5.74) is 0.943. The van der Waals surface area contributed by atoms with E-state index >= 15 is 0 Å². The minimum Gasteiger partial charge on any atom is -0.481 e. The van der Waals surface area contributed by atoms with Gasteiger partial charge in [0, 0.05) is 13.0 Å². The summed E-state index contributed by atoms with van der Waals surface area (Å²) >= 11 is 6.43. The molecular weight excluding hydrogens is 294 g/mol. The lowest BCUT2D eigenvalue weighted by Crippen LogP contribution is -2.29. The highest BCUT2D eigenvalue weighted by Crippen LogP contribution is 2.32. The lowest BCUT2D eigenvalue weighted by atomic mass is 10.2. The Morgan fingerprint density at radius 3 is 2.70 bits per heavy atom. The molecule has 20 heavy (non-hydrogen) atoms. The van der Waals surface area contributed by atoms with Crippen LogP contribution in [0.2, 0.25) is 0 Å². The summed E-state index contributed by atoms with van der Waals surface area (Å²) in [6, 6.07) is 9.54. The van der Waals surface area contributed by atoms with Gasteiger partial charge in [0.25, 0.3) is 5.91 Å². The molecule has 0 atom stereocenters. The van der Waals surface area contributed by atoms with Crippen LogP contribution in [0.3, 0.4) is 0 Å². The molecule has 1 aromatic carbocycles. The molecule has 6 heteroatoms. The summed E-state index contributed by atoms with van der Waals surface area (Å²) in [6.45, 7) is 0.350. The van der Waals surface area contributed by atoms with E-state index in [4.69, 9.17) is 17.3 Å². The Bertz CT molecular complexity index is 569. The summed E-state index contributed by atoms with van der Waals surface area (Å²) in [5.74, 6) is -1.01. The molecule has 2 rings (SSSR count). The van der Waals surface area contributed by atoms with Gasteiger partial charge in [-0.1, -0.05) is 54.3 Å². The van der Waals surface area contributed by atoms with Gasteiger partial charge in [-0.3, -0.25) is 14.5 Å². The van der Waals surface area contributed by atoms with E-state index < -0.39 is 5.97 Å². The predicted octanol–water partition coefficient (Wildman–Crippen LogP) is 2.75. The number of carbonyl (C=O) groups excluding carboxylic acids is 1. The fourth-order valence-electron chi connectivity index (χ4n) is 1.78. The first-order chi connectivity index (χ1) is 9.58. The lowest BCUT2D eigenvalue weighted by Gasteiger charge is -2.13. The summed E-state index contributed by atoms with van der Waals surface area (Å²) in [6.07, 6.45) is 2.24. The molecular formula is C14H13NO3S2. The van der Waals surface area contributed by atoms with Crippen LogP contribution < -0.4 is 0 Å². The molecule has 0 aromatic heterocycles. The molecule has 0 saturated carbocycles. The van der Waals surface area contributed by atoms with Gasteiger partial charge < -0.3 is 5.11 Å². The number of carboxylic acids is 1. The Balaban J connectivity index is 2.05. The van der Waals surface area contributed by atoms with E-state index in [1.807, 2.05) is 30.3 Å². The van der Waals surface area contributed by atoms with Crippen LogP contribution in [0, 0.1) is 0 Å². The highest BCUT2D eigenvalue weighted by molar-refractivity contribution is 8.26. The largest absolute Gasteiger partial charge is 0.481 e. The number of thioether (sulfide) groups is 1. The Hall–Kier alpha value is -1.66. The van der Waals surface area contributed by atoms with E-state index in [2.05, 4.69) is 0 Å². The van der Waals surface area contributed by atoms with Crippen molar-refractivity contribution in [3.05, 3.63) is 40.8 Å². The molecule has 1 heterocycles. The number of carbonyl (C=O) groups is 2. The number of amides is 1. The maximum Gasteiger partial charge on any atom is 0.303 e. The Labute approximate surface area is 126 Å². The zero-order valence-electron chi connectivity index (χ0n) is 10.6. The van der Waals surface area contributed by atoms with Crippen molar-refractivity contribution in [1.82, 2.24) is 4.90 Å². The van der Waals surface area contributed by atoms with Crippen molar-refractivity contribution in [1.29, 1.82) is 0 Å². The van der Waals surface area contributed by atoms with Crippen molar-refractivity contribution in [3.63, 3.8) is 0 Å². The quantitative estimate of drug-likeness (QED) is 0.669. The van der Waals surface area contributed by atoms with Crippen molar-refractivity contribution in [3.8, 4) is 0 Å². The number of hydrogen-bond acceptors (Lipinski definition) is 4. The van der Waals surface area contributed by atoms with E-state index in [0.29, 0.717) is 22.2 Å². The third-order valence-electron chi connectivity index (χ3n) is 2.74. The number of hydrogen-bond donors (Lipinski definition) is 1. The van der Waals surface area contributed by atoms with Gasteiger partial charge in [-0.15, -0.1) is 0 Å². The van der Waals surface area contributed by atoms with Crippen LogP contribution in [0.4, 0.5) is 0 Å². The highest BCUT2D eigenvalue weighted by atomic mass is 32.2. The average Bonchev–Trinajstić information content (AvgIpc) is 2.67. The van der Waals surface area contributed by atoms with Gasteiger partial charge in [-0.2, -0.15) is 0 Å². The molecule has 4 nitrogen and oxygen atoms in total. The molecule has 1 fully saturated rings. The summed E-state index contributed by atoms with van der Waals surface area (Å²) in [4.78, 5) is 24.7. The average molecular weight is 307 g/mol. The van der Waals surface area contributed by atoms with Gasteiger partial charge in [0.1, 0.15) is 4.32 Å². The van der Waals surface area contributed by atoms with Gasteiger partial charge in [0.05, 0.1) is 4.91 Å². The van der Waals surface area contributed by atoms with Crippen LogP contribution in [0.25, 0.3) is 6.08 Å². The normalized spacial score (nSPS) is 17.0. The van der Waals surface area contributed by atoms with E-state index in [1.165, 1.54) is 16.7 Å². The van der Waals surface area contributed by atoms with Crippen LogP contribution in [0.15, 0.2) is 35.2 Å². The molecule has 1 amide bonds. The van der Waals surface area contributed by atoms with Crippen molar-refractivity contribution < 1.29 is 14.7 Å². The van der Waals surface area contributed by atoms with Gasteiger partial charge in [-0.25, -0.2) is 0 Å². The summed E-state index contributed by atoms with van der Waals surface area (Å²) in [5, 5.41) is 8.61. The second-order valence-corrected chi connectivity index (χ2v) is 5.92. The highest BCUT2D eigenvalue weighted by Gasteiger charge is 2.31. The summed E-state index contributed by atoms with van der Waals surface area (Å²) < 4.78 is 0.488. The Morgan fingerprint density at radius 2 is 2.05 bits per heavy atom. The minimum absolute atomic E-state index is 0.0365. The molecule has 0 unspecified atom stereocenters. The number of rotatable bonds is 5. The summed E-state index contributed by atoms with van der Waals surface area (Å²) in [7, 11) is 0. The van der Waals surface area contributed by atoms with Crippen molar-refractivity contribution in [2.24, 2.45) is 0 Å². The van der Waals surface area contributed by atoms with E-state index in [1.54, 1.807) is 6.08 Å². The fraction of sp³-hybridized carbons (Fsp3) is 0.214. The molecule has 1 aromatic rings. The van der Waals surface area contributed by atoms with Crippen LogP contribution in [-0.2, 0) is 9.59 Å². The molecule has 1 N–H and O–H groups in total. The monoisotopic (exact) mass is 307 g/mol. The van der Waals surface area contributed by atoms with Crippen LogP contribution in [0.5, 0.6) is 0 Å². The zero-order valence-corrected chi connectivity index (χ0v) is 12.2. The molecule has 0 bridgehead atoms. The van der Waals surface area contributed by atoms with Crippen LogP contribution >= 0.6 is 24.0 Å². The minimum atomic E-state index is -0.865. The van der Waals surface area contributed by atoms with Gasteiger partial charge in [0.15, 0.2) is 0 Å². The van der Waals surface area contributed by atoms with E-state index in [0.717, 1.165) is 5.56 Å². The maximum absolute atomic E-state index is 12.2. The van der Waals surface area contributed by atoms with Crippen molar-refractivity contribution in [2.75, 3.05) is 6.54 Å². The standard InChI is InChI=1S/C14H13NO3S2/c16-12(17)7-4-8-15-13(18)11(20-14(15)19)9-10-5-2-1-3-6-10/h1-3,5-6,9H,4,7-8H2,(H,16,17)/b11-9-. The molecule has 0 spiro atoms. The van der Waals surface area contributed by atoms with Gasteiger partial charge in [-0.05, 0) is 18.1 Å². The van der Waals surface area contributed by atoms with E-state index in [9.17, 15) is 9.59 Å². The van der Waals surface area contributed by atoms with E-state index in [-0.39, 0.29) is 12.3 Å². The fourth-order valence-corrected chi connectivity index (χ4v) is 3.09. The number of carboxylic acid groups (broad SMARTS) is 1. The molecule has 1 aliphatic heterocycles. The maximum atomic E-state index is 12.2. The molecule has 104 valence electrons.